The number of hydrogen-bond acceptors (Lipinski definition) is 6. The quantitative estimate of drug-likeness (QED) is 0.771. The van der Waals surface area contributed by atoms with Crippen LogP contribution in [0.5, 0.6) is 0 Å². The summed E-state index contributed by atoms with van der Waals surface area (Å²) < 4.78 is 15.9. The second kappa shape index (κ2) is 8.15. The van der Waals surface area contributed by atoms with Crippen molar-refractivity contribution in [2.24, 2.45) is 5.92 Å². The van der Waals surface area contributed by atoms with Crippen LogP contribution in [-0.2, 0) is 20.8 Å². The van der Waals surface area contributed by atoms with E-state index in [4.69, 9.17) is 9.47 Å². The molecule has 1 unspecified atom stereocenters. The molecule has 150 valence electrons. The largest absolute Gasteiger partial charge is 0.384 e. The predicted molar refractivity (Wildman–Crippen MR) is 105 cm³/mol. The molecule has 1 saturated heterocycles. The highest BCUT2D eigenvalue weighted by atomic mass is 32.1. The zero-order valence-corrected chi connectivity index (χ0v) is 17.2. The zero-order valence-electron chi connectivity index (χ0n) is 16.4. The second-order valence-electron chi connectivity index (χ2n) is 8.60. The third kappa shape index (κ3) is 4.21. The highest BCUT2D eigenvalue weighted by Crippen LogP contribution is 2.42. The molecule has 2 aliphatic carbocycles. The molecule has 2 saturated carbocycles. The average Bonchev–Trinajstić information content (AvgIpc) is 2.97. The van der Waals surface area contributed by atoms with Crippen LogP contribution in [0.4, 0.5) is 0 Å². The summed E-state index contributed by atoms with van der Waals surface area (Å²) in [6, 6.07) is 0.313. The first kappa shape index (κ1) is 19.3. The van der Waals surface area contributed by atoms with Gasteiger partial charge in [0, 0.05) is 43.8 Å². The summed E-state index contributed by atoms with van der Waals surface area (Å²) in [4.78, 5) is 15.0. The Bertz CT molecular complexity index is 655. The van der Waals surface area contributed by atoms with Crippen molar-refractivity contribution in [2.45, 2.75) is 69.7 Å². The van der Waals surface area contributed by atoms with Gasteiger partial charge in [0.1, 0.15) is 0 Å². The molecular weight excluding hydrogens is 362 g/mol. The monoisotopic (exact) mass is 393 g/mol. The van der Waals surface area contributed by atoms with E-state index in [2.05, 4.69) is 26.9 Å². The lowest BCUT2D eigenvalue weighted by atomic mass is 9.74. The Kier molecular flexibility index (Phi) is 5.83. The van der Waals surface area contributed by atoms with E-state index in [9.17, 15) is 4.79 Å². The van der Waals surface area contributed by atoms with E-state index in [1.54, 1.807) is 7.11 Å². The molecule has 4 rings (SSSR count). The number of aromatic nitrogens is 1. The number of carbonyl (C=O) groups is 1. The van der Waals surface area contributed by atoms with Gasteiger partial charge in [0.15, 0.2) is 0 Å². The van der Waals surface area contributed by atoms with Crippen molar-refractivity contribution in [3.05, 3.63) is 16.6 Å². The van der Waals surface area contributed by atoms with Crippen molar-refractivity contribution >= 4 is 17.4 Å². The summed E-state index contributed by atoms with van der Waals surface area (Å²) in [7, 11) is 1.74. The SMILES string of the molecule is COCC1CC(NC(=O)CC2CN(Cc3nscc3C)C3(CCC3)CO2)C1. The normalized spacial score (nSPS) is 29.9. The van der Waals surface area contributed by atoms with Crippen LogP contribution < -0.4 is 5.32 Å². The van der Waals surface area contributed by atoms with Crippen molar-refractivity contribution in [1.82, 2.24) is 14.6 Å². The Morgan fingerprint density at radius 1 is 1.48 bits per heavy atom. The fourth-order valence-electron chi connectivity index (χ4n) is 4.62. The first-order valence-corrected chi connectivity index (χ1v) is 11.0. The fraction of sp³-hybridized carbons (Fsp3) is 0.800. The molecule has 1 aromatic rings. The fourth-order valence-corrected chi connectivity index (χ4v) is 5.30. The lowest BCUT2D eigenvalue weighted by Crippen LogP contribution is -2.63. The molecular formula is C20H31N3O3S. The van der Waals surface area contributed by atoms with Gasteiger partial charge in [-0.1, -0.05) is 0 Å². The summed E-state index contributed by atoms with van der Waals surface area (Å²) in [6.45, 7) is 5.37. The van der Waals surface area contributed by atoms with E-state index >= 15 is 0 Å². The van der Waals surface area contributed by atoms with Crippen LogP contribution in [-0.4, -0.2) is 59.7 Å². The summed E-state index contributed by atoms with van der Waals surface area (Å²) >= 11 is 1.53. The van der Waals surface area contributed by atoms with Gasteiger partial charge in [-0.3, -0.25) is 9.69 Å². The highest BCUT2D eigenvalue weighted by molar-refractivity contribution is 7.03. The Hall–Kier alpha value is -1.02. The molecule has 0 radical (unpaired) electrons. The minimum absolute atomic E-state index is 0.0231. The number of amides is 1. The minimum atomic E-state index is -0.0231. The minimum Gasteiger partial charge on any atom is -0.384 e. The summed E-state index contributed by atoms with van der Waals surface area (Å²) in [5.41, 5.74) is 2.62. The van der Waals surface area contributed by atoms with Crippen LogP contribution in [0, 0.1) is 12.8 Å². The first-order valence-electron chi connectivity index (χ1n) is 10.1. The summed E-state index contributed by atoms with van der Waals surface area (Å²) in [5, 5.41) is 5.28. The number of carbonyl (C=O) groups excluding carboxylic acids is 1. The maximum atomic E-state index is 12.5. The van der Waals surface area contributed by atoms with Crippen molar-refractivity contribution in [1.29, 1.82) is 0 Å². The Morgan fingerprint density at radius 3 is 2.93 bits per heavy atom. The van der Waals surface area contributed by atoms with Crippen LogP contribution in [0.1, 0.15) is 49.8 Å². The van der Waals surface area contributed by atoms with Gasteiger partial charge < -0.3 is 14.8 Å². The molecule has 7 heteroatoms. The number of morpholine rings is 1. The number of nitrogens with zero attached hydrogens (tertiary/aromatic N) is 2. The van der Waals surface area contributed by atoms with Crippen LogP contribution in [0.25, 0.3) is 0 Å². The Labute approximate surface area is 165 Å². The van der Waals surface area contributed by atoms with Crippen LogP contribution in [0.3, 0.4) is 0 Å². The van der Waals surface area contributed by atoms with Crippen molar-refractivity contribution in [2.75, 3.05) is 26.9 Å². The molecule has 2 heterocycles. The average molecular weight is 394 g/mol. The molecule has 1 amide bonds. The number of ether oxygens (including phenoxy) is 2. The van der Waals surface area contributed by atoms with E-state index in [1.165, 1.54) is 42.1 Å². The lowest BCUT2D eigenvalue weighted by Gasteiger charge is -2.54. The van der Waals surface area contributed by atoms with Crippen LogP contribution >= 0.6 is 11.5 Å². The third-order valence-corrected chi connectivity index (χ3v) is 7.36. The van der Waals surface area contributed by atoms with Gasteiger partial charge in [-0.05, 0) is 62.0 Å². The lowest BCUT2D eigenvalue weighted by molar-refractivity contribution is -0.155. The van der Waals surface area contributed by atoms with E-state index in [0.29, 0.717) is 18.4 Å². The van der Waals surface area contributed by atoms with Crippen LogP contribution in [0.15, 0.2) is 5.38 Å². The standard InChI is InChI=1S/C20H31N3O3S/c1-14-12-27-22-18(14)10-23-9-17(26-13-20(23)4-3-5-20)8-19(24)21-16-6-15(7-16)11-25-2/h12,15-17H,3-11,13H2,1-2H3,(H,21,24). The van der Waals surface area contributed by atoms with E-state index in [-0.39, 0.29) is 17.6 Å². The Morgan fingerprint density at radius 2 is 2.30 bits per heavy atom. The number of hydrogen-bond donors (Lipinski definition) is 1. The van der Waals surface area contributed by atoms with E-state index in [1.807, 2.05) is 0 Å². The van der Waals surface area contributed by atoms with Gasteiger partial charge >= 0.3 is 0 Å². The van der Waals surface area contributed by atoms with E-state index < -0.39 is 0 Å². The molecule has 0 bridgehead atoms. The number of aryl methyl sites for hydroxylation is 1. The van der Waals surface area contributed by atoms with Gasteiger partial charge in [-0.15, -0.1) is 0 Å². The molecule has 3 fully saturated rings. The molecule has 6 nitrogen and oxygen atoms in total. The zero-order chi connectivity index (χ0) is 18.9. The smallest absolute Gasteiger partial charge is 0.222 e. The predicted octanol–water partition coefficient (Wildman–Crippen LogP) is 2.51. The Balaban J connectivity index is 1.29. The van der Waals surface area contributed by atoms with Crippen molar-refractivity contribution < 1.29 is 14.3 Å². The molecule has 1 spiro atoms. The molecule has 27 heavy (non-hydrogen) atoms. The molecule has 1 atom stereocenters. The summed E-state index contributed by atoms with van der Waals surface area (Å²) in [6.07, 6.45) is 6.15. The molecule has 0 aromatic carbocycles. The molecule has 1 aliphatic heterocycles. The van der Waals surface area contributed by atoms with Gasteiger partial charge in [0.05, 0.1) is 24.8 Å². The maximum absolute atomic E-state index is 12.5. The van der Waals surface area contributed by atoms with Crippen molar-refractivity contribution in [3.63, 3.8) is 0 Å². The number of rotatable bonds is 7. The molecule has 1 N–H and O–H groups in total. The molecule has 3 aliphatic rings. The summed E-state index contributed by atoms with van der Waals surface area (Å²) in [5.74, 6) is 0.719. The molecule has 1 aromatic heterocycles. The van der Waals surface area contributed by atoms with Gasteiger partial charge in [-0.2, -0.15) is 4.37 Å². The number of methoxy groups -OCH3 is 1. The van der Waals surface area contributed by atoms with Crippen molar-refractivity contribution in [3.8, 4) is 0 Å². The topological polar surface area (TPSA) is 63.7 Å². The maximum Gasteiger partial charge on any atom is 0.222 e. The van der Waals surface area contributed by atoms with E-state index in [0.717, 1.165) is 39.1 Å². The van der Waals surface area contributed by atoms with Gasteiger partial charge in [0.25, 0.3) is 0 Å². The van der Waals surface area contributed by atoms with Gasteiger partial charge in [-0.25, -0.2) is 0 Å². The van der Waals surface area contributed by atoms with Crippen LogP contribution in [0.2, 0.25) is 0 Å². The first-order chi connectivity index (χ1) is 13.1. The third-order valence-electron chi connectivity index (χ3n) is 6.57. The van der Waals surface area contributed by atoms with Gasteiger partial charge in [0.2, 0.25) is 5.91 Å². The highest BCUT2D eigenvalue weighted by Gasteiger charge is 2.47. The number of nitrogens with one attached hydrogen (secondary N) is 1. The second-order valence-corrected chi connectivity index (χ2v) is 9.23.